The highest BCUT2D eigenvalue weighted by atomic mass is 15.3. The number of rotatable bonds is 5. The van der Waals surface area contributed by atoms with E-state index in [2.05, 4.69) is 32.5 Å². The molecule has 1 rings (SSSR count). The molecule has 0 fully saturated rings. The average molecular weight is 249 g/mol. The topological polar surface area (TPSA) is 45.5 Å². The van der Waals surface area contributed by atoms with Crippen LogP contribution in [0.25, 0.3) is 0 Å². The Hall–Kier alpha value is -1.78. The van der Waals surface area contributed by atoms with E-state index in [1.54, 1.807) is 7.05 Å². The Balaban J connectivity index is 2.44. The van der Waals surface area contributed by atoms with E-state index < -0.39 is 0 Å². The molecule has 0 amide bonds. The van der Waals surface area contributed by atoms with Crippen molar-refractivity contribution in [2.24, 2.45) is 12.0 Å². The fourth-order valence-electron chi connectivity index (χ4n) is 1.72. The van der Waals surface area contributed by atoms with Crippen LogP contribution in [0.3, 0.4) is 0 Å². The quantitative estimate of drug-likeness (QED) is 0.371. The lowest BCUT2D eigenvalue weighted by molar-refractivity contribution is 0.477. The average Bonchev–Trinajstić information content (AvgIpc) is 2.75. The van der Waals surface area contributed by atoms with Gasteiger partial charge < -0.3 is 10.2 Å². The van der Waals surface area contributed by atoms with Crippen molar-refractivity contribution in [2.75, 3.05) is 20.6 Å². The molecule has 5 heteroatoms. The van der Waals surface area contributed by atoms with Gasteiger partial charge in [0.05, 0.1) is 6.20 Å². The summed E-state index contributed by atoms with van der Waals surface area (Å²) in [4.78, 5) is 6.36. The van der Waals surface area contributed by atoms with E-state index in [0.717, 1.165) is 25.5 Å². The Morgan fingerprint density at radius 1 is 1.61 bits per heavy atom. The zero-order valence-electron chi connectivity index (χ0n) is 11.7. The summed E-state index contributed by atoms with van der Waals surface area (Å²) in [5, 5.41) is 7.49. The zero-order valence-corrected chi connectivity index (χ0v) is 11.7. The van der Waals surface area contributed by atoms with Crippen LogP contribution in [-0.2, 0) is 13.6 Å². The van der Waals surface area contributed by atoms with Crippen LogP contribution < -0.4 is 5.32 Å². The third-order valence-corrected chi connectivity index (χ3v) is 2.58. The van der Waals surface area contributed by atoms with E-state index in [0.29, 0.717) is 0 Å². The molecule has 0 radical (unpaired) electrons. The van der Waals surface area contributed by atoms with Gasteiger partial charge in [0, 0.05) is 46.0 Å². The van der Waals surface area contributed by atoms with Crippen molar-refractivity contribution in [3.8, 4) is 0 Å². The van der Waals surface area contributed by atoms with Crippen LogP contribution in [0.4, 0.5) is 0 Å². The van der Waals surface area contributed by atoms with Crippen molar-refractivity contribution in [3.63, 3.8) is 0 Å². The van der Waals surface area contributed by atoms with Crippen LogP contribution in [0.1, 0.15) is 18.9 Å². The van der Waals surface area contributed by atoms with Gasteiger partial charge in [-0.3, -0.25) is 9.67 Å². The molecule has 5 nitrogen and oxygen atoms in total. The van der Waals surface area contributed by atoms with Gasteiger partial charge in [0.25, 0.3) is 0 Å². The summed E-state index contributed by atoms with van der Waals surface area (Å²) in [6, 6.07) is 0. The van der Waals surface area contributed by atoms with Gasteiger partial charge in [0.2, 0.25) is 0 Å². The normalized spacial score (nSPS) is 12.1. The van der Waals surface area contributed by atoms with Crippen LogP contribution in [0, 0.1) is 0 Å². The first-order chi connectivity index (χ1) is 8.67. The highest BCUT2D eigenvalue weighted by Crippen LogP contribution is 2.01. The molecule has 1 N–H and O–H groups in total. The second-order valence-electron chi connectivity index (χ2n) is 4.21. The number of aromatic nitrogens is 2. The number of nitrogens with zero attached hydrogens (tertiary/aromatic N) is 4. The number of aryl methyl sites for hydroxylation is 1. The van der Waals surface area contributed by atoms with Gasteiger partial charge in [0.15, 0.2) is 5.96 Å². The van der Waals surface area contributed by atoms with Crippen LogP contribution >= 0.6 is 0 Å². The molecule has 0 bridgehead atoms. The van der Waals surface area contributed by atoms with Gasteiger partial charge in [-0.2, -0.15) is 5.10 Å². The first kappa shape index (κ1) is 14.3. The molecular weight excluding hydrogens is 226 g/mol. The first-order valence-electron chi connectivity index (χ1n) is 6.17. The van der Waals surface area contributed by atoms with E-state index in [1.165, 1.54) is 5.56 Å². The van der Waals surface area contributed by atoms with Crippen LogP contribution in [0.5, 0.6) is 0 Å². The molecule has 0 aliphatic heterocycles. The molecule has 0 saturated carbocycles. The Morgan fingerprint density at radius 3 is 2.94 bits per heavy atom. The second kappa shape index (κ2) is 7.53. The number of guanidine groups is 1. The largest absolute Gasteiger partial charge is 0.356 e. The van der Waals surface area contributed by atoms with Crippen molar-refractivity contribution in [1.82, 2.24) is 20.0 Å². The maximum absolute atomic E-state index is 4.27. The van der Waals surface area contributed by atoms with Crippen molar-refractivity contribution >= 4 is 5.96 Å². The SMILES string of the molecule is CC=CCCNC(=NC)N(C)Cc1cnn(C)c1. The fourth-order valence-corrected chi connectivity index (χ4v) is 1.72. The van der Waals surface area contributed by atoms with Crippen LogP contribution in [0.15, 0.2) is 29.5 Å². The van der Waals surface area contributed by atoms with Crippen LogP contribution in [0.2, 0.25) is 0 Å². The molecule has 0 aliphatic rings. The highest BCUT2D eigenvalue weighted by Gasteiger charge is 2.06. The van der Waals surface area contributed by atoms with Gasteiger partial charge in [0.1, 0.15) is 0 Å². The third kappa shape index (κ3) is 4.61. The van der Waals surface area contributed by atoms with Gasteiger partial charge in [-0.15, -0.1) is 0 Å². The zero-order chi connectivity index (χ0) is 13.4. The smallest absolute Gasteiger partial charge is 0.193 e. The molecule has 0 atom stereocenters. The molecule has 0 aliphatic carbocycles. The summed E-state index contributed by atoms with van der Waals surface area (Å²) in [7, 11) is 5.75. The number of hydrogen-bond acceptors (Lipinski definition) is 2. The Labute approximate surface area is 109 Å². The van der Waals surface area contributed by atoms with E-state index >= 15 is 0 Å². The number of allylic oxidation sites excluding steroid dienone is 1. The van der Waals surface area contributed by atoms with E-state index in [4.69, 9.17) is 0 Å². The molecule has 18 heavy (non-hydrogen) atoms. The minimum Gasteiger partial charge on any atom is -0.356 e. The van der Waals surface area contributed by atoms with Crippen LogP contribution in [-0.4, -0.2) is 41.3 Å². The molecule has 0 saturated heterocycles. The second-order valence-corrected chi connectivity index (χ2v) is 4.21. The lowest BCUT2D eigenvalue weighted by Crippen LogP contribution is -2.38. The molecule has 0 unspecified atom stereocenters. The van der Waals surface area contributed by atoms with Gasteiger partial charge >= 0.3 is 0 Å². The molecule has 1 heterocycles. The number of hydrogen-bond donors (Lipinski definition) is 1. The van der Waals surface area contributed by atoms with Gasteiger partial charge in [-0.1, -0.05) is 12.2 Å². The maximum Gasteiger partial charge on any atom is 0.193 e. The first-order valence-corrected chi connectivity index (χ1v) is 6.17. The minimum absolute atomic E-state index is 0.803. The Morgan fingerprint density at radius 2 is 2.39 bits per heavy atom. The predicted octanol–water partition coefficient (Wildman–Crippen LogP) is 1.39. The lowest BCUT2D eigenvalue weighted by atomic mass is 10.3. The summed E-state index contributed by atoms with van der Waals surface area (Å²) in [5.74, 6) is 0.906. The summed E-state index contributed by atoms with van der Waals surface area (Å²) in [5.41, 5.74) is 1.18. The molecular formula is C13H23N5. The standard InChI is InChI=1S/C13H23N5/c1-5-6-7-8-15-13(14-2)17(3)10-12-9-16-18(4)11-12/h5-6,9,11H,7-8,10H2,1-4H3,(H,14,15). The molecule has 0 aromatic carbocycles. The van der Waals surface area contributed by atoms with E-state index in [1.807, 2.05) is 38.1 Å². The van der Waals surface area contributed by atoms with Gasteiger partial charge in [-0.05, 0) is 13.3 Å². The van der Waals surface area contributed by atoms with Crippen molar-refractivity contribution in [3.05, 3.63) is 30.1 Å². The van der Waals surface area contributed by atoms with E-state index in [-0.39, 0.29) is 0 Å². The highest BCUT2D eigenvalue weighted by molar-refractivity contribution is 5.79. The molecule has 1 aromatic heterocycles. The molecule has 100 valence electrons. The van der Waals surface area contributed by atoms with Crippen molar-refractivity contribution in [1.29, 1.82) is 0 Å². The third-order valence-electron chi connectivity index (χ3n) is 2.58. The maximum atomic E-state index is 4.27. The summed E-state index contributed by atoms with van der Waals surface area (Å²) >= 11 is 0. The number of nitrogens with one attached hydrogen (secondary N) is 1. The molecule has 0 spiro atoms. The number of aliphatic imine (C=N–C) groups is 1. The minimum atomic E-state index is 0.803. The summed E-state index contributed by atoms with van der Waals surface area (Å²) in [6.07, 6.45) is 9.11. The van der Waals surface area contributed by atoms with Crippen molar-refractivity contribution in [2.45, 2.75) is 19.9 Å². The summed E-state index contributed by atoms with van der Waals surface area (Å²) < 4.78 is 1.81. The Bertz CT molecular complexity index is 405. The summed E-state index contributed by atoms with van der Waals surface area (Å²) in [6.45, 7) is 3.73. The molecule has 1 aromatic rings. The fraction of sp³-hybridized carbons (Fsp3) is 0.538. The Kier molecular flexibility index (Phi) is 5.97. The van der Waals surface area contributed by atoms with Crippen molar-refractivity contribution < 1.29 is 0 Å². The van der Waals surface area contributed by atoms with E-state index in [9.17, 15) is 0 Å². The van der Waals surface area contributed by atoms with Gasteiger partial charge in [-0.25, -0.2) is 0 Å². The lowest BCUT2D eigenvalue weighted by Gasteiger charge is -2.21. The predicted molar refractivity (Wildman–Crippen MR) is 75.5 cm³/mol. The monoisotopic (exact) mass is 249 g/mol.